The number of benzene rings is 1. The second kappa shape index (κ2) is 7.02. The van der Waals surface area contributed by atoms with Gasteiger partial charge < -0.3 is 15.0 Å². The van der Waals surface area contributed by atoms with Crippen molar-refractivity contribution in [1.82, 2.24) is 5.32 Å². The predicted molar refractivity (Wildman–Crippen MR) is 88.5 cm³/mol. The fraction of sp³-hybridized carbons (Fsp3) is 0.556. The van der Waals surface area contributed by atoms with Crippen molar-refractivity contribution in [3.8, 4) is 5.75 Å². The molecule has 0 unspecified atom stereocenters. The van der Waals surface area contributed by atoms with E-state index < -0.39 is 0 Å². The number of hydrogen-bond donors (Lipinski definition) is 1. The zero-order valence-electron chi connectivity index (χ0n) is 13.6. The minimum absolute atomic E-state index is 0.00190. The fourth-order valence-electron chi connectivity index (χ4n) is 3.48. The third-order valence-electron chi connectivity index (χ3n) is 4.81. The van der Waals surface area contributed by atoms with Crippen molar-refractivity contribution in [3.05, 3.63) is 24.3 Å². The highest BCUT2D eigenvalue weighted by molar-refractivity contribution is 6.00. The Morgan fingerprint density at radius 3 is 2.78 bits per heavy atom. The van der Waals surface area contributed by atoms with E-state index in [0.717, 1.165) is 18.5 Å². The first-order valence-corrected chi connectivity index (χ1v) is 8.42. The Balaban J connectivity index is 1.63. The van der Waals surface area contributed by atoms with E-state index in [2.05, 4.69) is 5.32 Å². The van der Waals surface area contributed by atoms with Gasteiger partial charge in [0.25, 0.3) is 0 Å². The molecular weight excluding hydrogens is 292 g/mol. The molecule has 2 aliphatic rings. The molecule has 2 amide bonds. The zero-order chi connectivity index (χ0) is 16.2. The average Bonchev–Trinajstić information content (AvgIpc) is 2.98. The van der Waals surface area contributed by atoms with Crippen molar-refractivity contribution in [2.45, 2.75) is 44.6 Å². The molecule has 3 rings (SSSR count). The van der Waals surface area contributed by atoms with Gasteiger partial charge in [-0.1, -0.05) is 25.3 Å². The van der Waals surface area contributed by atoms with Gasteiger partial charge in [-0.15, -0.1) is 0 Å². The molecule has 23 heavy (non-hydrogen) atoms. The largest absolute Gasteiger partial charge is 0.497 e. The van der Waals surface area contributed by atoms with Gasteiger partial charge in [0.1, 0.15) is 5.75 Å². The maximum Gasteiger partial charge on any atom is 0.227 e. The Morgan fingerprint density at radius 1 is 1.26 bits per heavy atom. The molecule has 0 spiro atoms. The Hall–Kier alpha value is -2.04. The Labute approximate surface area is 137 Å². The molecule has 1 aliphatic carbocycles. The summed E-state index contributed by atoms with van der Waals surface area (Å²) in [5, 5.41) is 3.13. The zero-order valence-corrected chi connectivity index (χ0v) is 13.6. The highest BCUT2D eigenvalue weighted by Crippen LogP contribution is 2.28. The van der Waals surface area contributed by atoms with Crippen LogP contribution in [0.2, 0.25) is 0 Å². The summed E-state index contributed by atoms with van der Waals surface area (Å²) in [5.41, 5.74) is 0.794. The van der Waals surface area contributed by atoms with Gasteiger partial charge >= 0.3 is 0 Å². The molecule has 0 radical (unpaired) electrons. The van der Waals surface area contributed by atoms with Crippen LogP contribution in [-0.2, 0) is 9.59 Å². The van der Waals surface area contributed by atoms with Crippen LogP contribution in [0.25, 0.3) is 0 Å². The summed E-state index contributed by atoms with van der Waals surface area (Å²) < 4.78 is 5.21. The summed E-state index contributed by atoms with van der Waals surface area (Å²) in [7, 11) is 1.60. The van der Waals surface area contributed by atoms with Gasteiger partial charge in [-0.25, -0.2) is 0 Å². The summed E-state index contributed by atoms with van der Waals surface area (Å²) in [4.78, 5) is 26.4. The van der Waals surface area contributed by atoms with Crippen LogP contribution in [0.3, 0.4) is 0 Å². The van der Waals surface area contributed by atoms with Gasteiger partial charge in [0, 0.05) is 30.8 Å². The standard InChI is InChI=1S/C18H24N2O3/c1-23-16-9-5-8-15(11-16)20-12-13(10-17(20)21)18(22)19-14-6-3-2-4-7-14/h5,8-9,11,13-14H,2-4,6-7,10,12H2,1H3,(H,19,22)/t13-/m1/s1. The molecule has 1 N–H and O–H groups in total. The summed E-state index contributed by atoms with van der Waals surface area (Å²) in [6, 6.07) is 7.70. The van der Waals surface area contributed by atoms with Crippen LogP contribution in [0.5, 0.6) is 5.75 Å². The lowest BCUT2D eigenvalue weighted by Crippen LogP contribution is -2.40. The third kappa shape index (κ3) is 3.66. The van der Waals surface area contributed by atoms with Crippen LogP contribution in [0, 0.1) is 5.92 Å². The number of rotatable bonds is 4. The Morgan fingerprint density at radius 2 is 2.04 bits per heavy atom. The molecule has 1 saturated heterocycles. The number of methoxy groups -OCH3 is 1. The van der Waals surface area contributed by atoms with E-state index in [4.69, 9.17) is 4.74 Å². The molecule has 124 valence electrons. The van der Waals surface area contributed by atoms with Gasteiger partial charge in [0.15, 0.2) is 0 Å². The molecule has 0 aromatic heterocycles. The van der Waals surface area contributed by atoms with Gasteiger partial charge in [-0.05, 0) is 25.0 Å². The van der Waals surface area contributed by atoms with E-state index in [1.54, 1.807) is 12.0 Å². The lowest BCUT2D eigenvalue weighted by atomic mass is 9.95. The van der Waals surface area contributed by atoms with Crippen molar-refractivity contribution in [2.24, 2.45) is 5.92 Å². The summed E-state index contributed by atoms with van der Waals surface area (Å²) in [6.45, 7) is 0.449. The molecule has 1 aromatic rings. The van der Waals surface area contributed by atoms with Crippen LogP contribution in [0.1, 0.15) is 38.5 Å². The highest BCUT2D eigenvalue weighted by Gasteiger charge is 2.36. The number of nitrogens with one attached hydrogen (secondary N) is 1. The number of anilines is 1. The van der Waals surface area contributed by atoms with Crippen LogP contribution >= 0.6 is 0 Å². The monoisotopic (exact) mass is 316 g/mol. The molecule has 0 bridgehead atoms. The molecule has 5 nitrogen and oxygen atoms in total. The summed E-state index contributed by atoms with van der Waals surface area (Å²) >= 11 is 0. The predicted octanol–water partition coefficient (Wildman–Crippen LogP) is 2.50. The van der Waals surface area contributed by atoms with Crippen LogP contribution in [-0.4, -0.2) is 31.5 Å². The molecule has 1 aliphatic heterocycles. The first-order chi connectivity index (χ1) is 11.2. The molecule has 2 fully saturated rings. The van der Waals surface area contributed by atoms with Crippen molar-refractivity contribution in [3.63, 3.8) is 0 Å². The molecular formula is C18H24N2O3. The van der Waals surface area contributed by atoms with Gasteiger partial charge in [0.2, 0.25) is 11.8 Å². The second-order valence-electron chi connectivity index (χ2n) is 6.45. The third-order valence-corrected chi connectivity index (χ3v) is 4.81. The number of ether oxygens (including phenoxy) is 1. The number of nitrogens with zero attached hydrogens (tertiary/aromatic N) is 1. The summed E-state index contributed by atoms with van der Waals surface area (Å²) in [5.74, 6) is 0.485. The minimum atomic E-state index is -0.254. The Bertz CT molecular complexity index is 581. The molecule has 1 aromatic carbocycles. The van der Waals surface area contributed by atoms with E-state index in [1.807, 2.05) is 24.3 Å². The first kappa shape index (κ1) is 15.8. The minimum Gasteiger partial charge on any atom is -0.497 e. The maximum absolute atomic E-state index is 12.4. The number of hydrogen-bond acceptors (Lipinski definition) is 3. The van der Waals surface area contributed by atoms with E-state index in [0.29, 0.717) is 12.3 Å². The highest BCUT2D eigenvalue weighted by atomic mass is 16.5. The molecule has 1 saturated carbocycles. The fourth-order valence-corrected chi connectivity index (χ4v) is 3.48. The van der Waals surface area contributed by atoms with Crippen molar-refractivity contribution in [2.75, 3.05) is 18.6 Å². The lowest BCUT2D eigenvalue weighted by Gasteiger charge is -2.24. The van der Waals surface area contributed by atoms with Crippen LogP contribution < -0.4 is 15.0 Å². The van der Waals surface area contributed by atoms with Gasteiger partial charge in [-0.3, -0.25) is 9.59 Å². The van der Waals surface area contributed by atoms with E-state index in [1.165, 1.54) is 19.3 Å². The molecule has 1 atom stereocenters. The van der Waals surface area contributed by atoms with E-state index in [-0.39, 0.29) is 30.2 Å². The van der Waals surface area contributed by atoms with Gasteiger partial charge in [-0.2, -0.15) is 0 Å². The van der Waals surface area contributed by atoms with E-state index >= 15 is 0 Å². The topological polar surface area (TPSA) is 58.6 Å². The molecule has 1 heterocycles. The Kier molecular flexibility index (Phi) is 4.84. The lowest BCUT2D eigenvalue weighted by molar-refractivity contribution is -0.127. The maximum atomic E-state index is 12.4. The van der Waals surface area contributed by atoms with Crippen molar-refractivity contribution < 1.29 is 14.3 Å². The SMILES string of the molecule is COc1cccc(N2C[C@H](C(=O)NC3CCCCC3)CC2=O)c1. The van der Waals surface area contributed by atoms with Crippen molar-refractivity contribution in [1.29, 1.82) is 0 Å². The normalized spacial score (nSPS) is 22.2. The van der Waals surface area contributed by atoms with Crippen molar-refractivity contribution >= 4 is 17.5 Å². The van der Waals surface area contributed by atoms with Gasteiger partial charge in [0.05, 0.1) is 13.0 Å². The quantitative estimate of drug-likeness (QED) is 0.928. The van der Waals surface area contributed by atoms with Crippen LogP contribution in [0.4, 0.5) is 5.69 Å². The molecule has 5 heteroatoms. The number of amides is 2. The summed E-state index contributed by atoms with van der Waals surface area (Å²) in [6.07, 6.45) is 6.04. The van der Waals surface area contributed by atoms with Crippen LogP contribution in [0.15, 0.2) is 24.3 Å². The second-order valence-corrected chi connectivity index (χ2v) is 6.45. The van der Waals surface area contributed by atoms with E-state index in [9.17, 15) is 9.59 Å². The average molecular weight is 316 g/mol. The number of carbonyl (C=O) groups is 2. The first-order valence-electron chi connectivity index (χ1n) is 8.42. The number of carbonyl (C=O) groups excluding carboxylic acids is 2. The smallest absolute Gasteiger partial charge is 0.227 e.